The highest BCUT2D eigenvalue weighted by Gasteiger charge is 2.30. The number of carbonyl (C=O) groups excluding carboxylic acids is 2. The number of aldehydes is 2. The maximum Gasteiger partial charge on any atom is 0.231 e. The van der Waals surface area contributed by atoms with Crippen LogP contribution in [0.3, 0.4) is 0 Å². The SMILES string of the molecule is COc1c(C=O)c2c(c(C=O)c1OC)OCO2. The Labute approximate surface area is 97.0 Å². The topological polar surface area (TPSA) is 71.1 Å². The Morgan fingerprint density at radius 2 is 1.35 bits per heavy atom. The van der Waals surface area contributed by atoms with Crippen LogP contribution in [-0.4, -0.2) is 33.6 Å². The van der Waals surface area contributed by atoms with E-state index in [1.54, 1.807) is 0 Å². The molecule has 0 amide bonds. The number of rotatable bonds is 4. The van der Waals surface area contributed by atoms with Gasteiger partial charge in [0.15, 0.2) is 35.6 Å². The van der Waals surface area contributed by atoms with E-state index in [2.05, 4.69) is 0 Å². The molecule has 0 spiro atoms. The third-order valence-electron chi connectivity index (χ3n) is 2.44. The van der Waals surface area contributed by atoms with Crippen molar-refractivity contribution in [2.24, 2.45) is 0 Å². The average Bonchev–Trinajstić information content (AvgIpc) is 2.84. The molecule has 0 aromatic heterocycles. The highest BCUT2D eigenvalue weighted by atomic mass is 16.7. The van der Waals surface area contributed by atoms with Crippen molar-refractivity contribution in [3.05, 3.63) is 11.1 Å². The summed E-state index contributed by atoms with van der Waals surface area (Å²) in [5.41, 5.74) is 0.338. The van der Waals surface area contributed by atoms with Gasteiger partial charge >= 0.3 is 0 Å². The number of hydrogen-bond donors (Lipinski definition) is 0. The van der Waals surface area contributed by atoms with Crippen LogP contribution >= 0.6 is 0 Å². The molecule has 90 valence electrons. The molecule has 6 nitrogen and oxygen atoms in total. The molecule has 0 saturated heterocycles. The zero-order valence-corrected chi connectivity index (χ0v) is 9.31. The van der Waals surface area contributed by atoms with Gasteiger partial charge in [0.1, 0.15) is 11.1 Å². The summed E-state index contributed by atoms with van der Waals surface area (Å²) in [4.78, 5) is 22.1. The minimum absolute atomic E-state index is 0.0483. The van der Waals surface area contributed by atoms with E-state index < -0.39 is 0 Å². The number of fused-ring (bicyclic) bond motifs is 1. The summed E-state index contributed by atoms with van der Waals surface area (Å²) in [6.45, 7) is -0.0483. The standard InChI is InChI=1S/C11H10O6/c1-14-8-6(3-12)10-11(17-5-16-10)7(4-13)9(8)15-2/h3-4H,5H2,1-2H3. The van der Waals surface area contributed by atoms with Gasteiger partial charge in [-0.3, -0.25) is 9.59 Å². The second-order valence-electron chi connectivity index (χ2n) is 3.19. The second kappa shape index (κ2) is 4.32. The van der Waals surface area contributed by atoms with Gasteiger partial charge in [-0.2, -0.15) is 0 Å². The highest BCUT2D eigenvalue weighted by molar-refractivity contribution is 5.96. The first-order valence-corrected chi connectivity index (χ1v) is 4.76. The predicted molar refractivity (Wildman–Crippen MR) is 56.4 cm³/mol. The normalized spacial score (nSPS) is 12.1. The van der Waals surface area contributed by atoms with Gasteiger partial charge in [0, 0.05) is 0 Å². The molecule has 17 heavy (non-hydrogen) atoms. The monoisotopic (exact) mass is 238 g/mol. The van der Waals surface area contributed by atoms with E-state index in [9.17, 15) is 9.59 Å². The minimum Gasteiger partial charge on any atom is -0.492 e. The fourth-order valence-electron chi connectivity index (χ4n) is 1.75. The van der Waals surface area contributed by atoms with Crippen LogP contribution in [0, 0.1) is 0 Å². The first-order chi connectivity index (χ1) is 8.28. The van der Waals surface area contributed by atoms with Gasteiger partial charge in [-0.1, -0.05) is 0 Å². The van der Waals surface area contributed by atoms with E-state index in [4.69, 9.17) is 18.9 Å². The molecule has 0 bridgehead atoms. The van der Waals surface area contributed by atoms with Crippen molar-refractivity contribution in [2.75, 3.05) is 21.0 Å². The van der Waals surface area contributed by atoms with Crippen LogP contribution in [0.5, 0.6) is 23.0 Å². The van der Waals surface area contributed by atoms with Crippen LogP contribution < -0.4 is 18.9 Å². The largest absolute Gasteiger partial charge is 0.492 e. The first kappa shape index (κ1) is 11.3. The molecule has 1 heterocycles. The number of benzene rings is 1. The van der Waals surface area contributed by atoms with Crippen molar-refractivity contribution in [2.45, 2.75) is 0 Å². The molecular weight excluding hydrogens is 228 g/mol. The van der Waals surface area contributed by atoms with E-state index in [0.29, 0.717) is 12.6 Å². The highest BCUT2D eigenvalue weighted by Crippen LogP contribution is 2.49. The predicted octanol–water partition coefficient (Wildman–Crippen LogP) is 1.06. The zero-order chi connectivity index (χ0) is 12.4. The zero-order valence-electron chi connectivity index (χ0n) is 9.31. The summed E-state index contributed by atoms with van der Waals surface area (Å²) in [7, 11) is 2.75. The van der Waals surface area contributed by atoms with Crippen molar-refractivity contribution in [3.63, 3.8) is 0 Å². The lowest BCUT2D eigenvalue weighted by Crippen LogP contribution is -2.01. The lowest BCUT2D eigenvalue weighted by molar-refractivity contribution is 0.110. The number of methoxy groups -OCH3 is 2. The molecule has 0 atom stereocenters. The van der Waals surface area contributed by atoms with E-state index >= 15 is 0 Å². The quantitative estimate of drug-likeness (QED) is 0.730. The molecule has 0 unspecified atom stereocenters. The first-order valence-electron chi connectivity index (χ1n) is 4.76. The summed E-state index contributed by atoms with van der Waals surface area (Å²) in [5, 5.41) is 0. The summed E-state index contributed by atoms with van der Waals surface area (Å²) < 4.78 is 20.5. The van der Waals surface area contributed by atoms with Gasteiger partial charge in [-0.05, 0) is 0 Å². The van der Waals surface area contributed by atoms with Gasteiger partial charge in [0.2, 0.25) is 6.79 Å². The van der Waals surface area contributed by atoms with E-state index in [0.717, 1.165) is 0 Å². The lowest BCUT2D eigenvalue weighted by Gasteiger charge is -2.14. The molecule has 0 saturated carbocycles. The minimum atomic E-state index is -0.0483. The van der Waals surface area contributed by atoms with Crippen molar-refractivity contribution in [1.82, 2.24) is 0 Å². The van der Waals surface area contributed by atoms with Crippen LogP contribution in [0.1, 0.15) is 20.7 Å². The molecule has 0 fully saturated rings. The second-order valence-corrected chi connectivity index (χ2v) is 3.19. The molecule has 1 aromatic rings. The molecule has 1 aliphatic rings. The smallest absolute Gasteiger partial charge is 0.231 e. The van der Waals surface area contributed by atoms with Crippen molar-refractivity contribution < 1.29 is 28.5 Å². The third-order valence-corrected chi connectivity index (χ3v) is 2.44. The van der Waals surface area contributed by atoms with Crippen LogP contribution in [0.25, 0.3) is 0 Å². The van der Waals surface area contributed by atoms with Crippen molar-refractivity contribution >= 4 is 12.6 Å². The maximum atomic E-state index is 11.1. The Balaban J connectivity index is 2.83. The van der Waals surface area contributed by atoms with Gasteiger partial charge < -0.3 is 18.9 Å². The Hall–Kier alpha value is -2.24. The Kier molecular flexibility index (Phi) is 2.86. The molecule has 1 aromatic carbocycles. The van der Waals surface area contributed by atoms with Crippen LogP contribution in [0.2, 0.25) is 0 Å². The average molecular weight is 238 g/mol. The summed E-state index contributed by atoms with van der Waals surface area (Å²) in [6, 6.07) is 0. The van der Waals surface area contributed by atoms with Crippen molar-refractivity contribution in [1.29, 1.82) is 0 Å². The Morgan fingerprint density at radius 3 is 1.65 bits per heavy atom. The van der Waals surface area contributed by atoms with Gasteiger partial charge in [0.05, 0.1) is 14.2 Å². The fourth-order valence-corrected chi connectivity index (χ4v) is 1.75. The summed E-state index contributed by atoms with van der Waals surface area (Å²) in [6.07, 6.45) is 1.15. The Bertz CT molecular complexity index is 437. The molecule has 0 aliphatic carbocycles. The molecule has 2 rings (SSSR count). The maximum absolute atomic E-state index is 11.1. The molecule has 6 heteroatoms. The van der Waals surface area contributed by atoms with Gasteiger partial charge in [0.25, 0.3) is 0 Å². The summed E-state index contributed by atoms with van der Waals surface area (Å²) in [5.74, 6) is 0.738. The van der Waals surface area contributed by atoms with Crippen LogP contribution in [0.4, 0.5) is 0 Å². The lowest BCUT2D eigenvalue weighted by atomic mass is 10.1. The molecular formula is C11H10O6. The Morgan fingerprint density at radius 1 is 0.941 bits per heavy atom. The summed E-state index contributed by atoms with van der Waals surface area (Å²) >= 11 is 0. The van der Waals surface area contributed by atoms with Gasteiger partial charge in [-0.25, -0.2) is 0 Å². The molecule has 1 aliphatic heterocycles. The number of carbonyl (C=O) groups is 2. The molecule has 0 N–H and O–H groups in total. The van der Waals surface area contributed by atoms with E-state index in [1.165, 1.54) is 14.2 Å². The van der Waals surface area contributed by atoms with Crippen LogP contribution in [-0.2, 0) is 0 Å². The third kappa shape index (κ3) is 1.49. The van der Waals surface area contributed by atoms with E-state index in [-0.39, 0.29) is 40.9 Å². The molecule has 0 radical (unpaired) electrons. The van der Waals surface area contributed by atoms with E-state index in [1.807, 2.05) is 0 Å². The number of ether oxygens (including phenoxy) is 4. The van der Waals surface area contributed by atoms with Gasteiger partial charge in [-0.15, -0.1) is 0 Å². The number of hydrogen-bond acceptors (Lipinski definition) is 6. The van der Waals surface area contributed by atoms with Crippen molar-refractivity contribution in [3.8, 4) is 23.0 Å². The van der Waals surface area contributed by atoms with Crippen LogP contribution in [0.15, 0.2) is 0 Å². The fraction of sp³-hybridized carbons (Fsp3) is 0.273.